The number of thioether (sulfide) groups is 1. The van der Waals surface area contributed by atoms with E-state index in [1.165, 1.54) is 11.8 Å². The Morgan fingerprint density at radius 3 is 2.68 bits per heavy atom. The highest BCUT2D eigenvalue weighted by molar-refractivity contribution is 7.99. The second-order valence-corrected chi connectivity index (χ2v) is 5.72. The van der Waals surface area contributed by atoms with Crippen molar-refractivity contribution in [3.8, 4) is 0 Å². The number of aromatic nitrogens is 2. The molecule has 1 aromatic rings. The van der Waals surface area contributed by atoms with Crippen LogP contribution in [0.25, 0.3) is 0 Å². The first kappa shape index (κ1) is 16.2. The zero-order chi connectivity index (χ0) is 14.3. The molecule has 0 amide bonds. The standard InChI is InChI=1S/C13H23N3O2S/c1-4-5-14-11-6-12(19-8-10(18)7-17)16-13(15-11)9(2)3/h6,9-10,17-18H,4-5,7-8H2,1-3H3,(H,14,15,16). The van der Waals surface area contributed by atoms with Crippen molar-refractivity contribution in [2.75, 3.05) is 24.2 Å². The summed E-state index contributed by atoms with van der Waals surface area (Å²) in [7, 11) is 0. The fraction of sp³-hybridized carbons (Fsp3) is 0.692. The van der Waals surface area contributed by atoms with Crippen LogP contribution in [0.3, 0.4) is 0 Å². The minimum atomic E-state index is -0.713. The molecule has 1 rings (SSSR count). The van der Waals surface area contributed by atoms with E-state index in [9.17, 15) is 5.11 Å². The third-order valence-electron chi connectivity index (χ3n) is 2.43. The second kappa shape index (κ2) is 8.35. The van der Waals surface area contributed by atoms with Gasteiger partial charge in [0.15, 0.2) is 0 Å². The Balaban J connectivity index is 2.80. The fourth-order valence-electron chi connectivity index (χ4n) is 1.35. The molecule has 0 bridgehead atoms. The topological polar surface area (TPSA) is 78.3 Å². The van der Waals surface area contributed by atoms with Gasteiger partial charge in [0.1, 0.15) is 16.7 Å². The molecule has 1 heterocycles. The van der Waals surface area contributed by atoms with E-state index in [1.807, 2.05) is 6.07 Å². The van der Waals surface area contributed by atoms with E-state index in [4.69, 9.17) is 5.11 Å². The van der Waals surface area contributed by atoms with Crippen LogP contribution in [-0.4, -0.2) is 45.2 Å². The lowest BCUT2D eigenvalue weighted by molar-refractivity contribution is 0.113. The van der Waals surface area contributed by atoms with Gasteiger partial charge in [-0.2, -0.15) is 0 Å². The molecule has 0 radical (unpaired) electrons. The average Bonchev–Trinajstić information content (AvgIpc) is 2.42. The molecule has 0 saturated heterocycles. The maximum atomic E-state index is 9.38. The van der Waals surface area contributed by atoms with Crippen LogP contribution in [0.5, 0.6) is 0 Å². The summed E-state index contributed by atoms with van der Waals surface area (Å²) >= 11 is 1.43. The molecule has 0 aliphatic carbocycles. The minimum absolute atomic E-state index is 0.226. The van der Waals surface area contributed by atoms with Crippen molar-refractivity contribution in [2.24, 2.45) is 0 Å². The van der Waals surface area contributed by atoms with Gasteiger partial charge >= 0.3 is 0 Å². The average molecular weight is 285 g/mol. The van der Waals surface area contributed by atoms with Crippen molar-refractivity contribution in [1.82, 2.24) is 9.97 Å². The number of nitrogens with zero attached hydrogens (tertiary/aromatic N) is 2. The molecule has 108 valence electrons. The Kier molecular flexibility index (Phi) is 7.12. The molecule has 1 atom stereocenters. The van der Waals surface area contributed by atoms with Crippen molar-refractivity contribution >= 4 is 17.6 Å². The molecule has 0 saturated carbocycles. The number of anilines is 1. The quantitative estimate of drug-likeness (QED) is 0.500. The number of rotatable bonds is 8. The maximum Gasteiger partial charge on any atom is 0.134 e. The van der Waals surface area contributed by atoms with Crippen LogP contribution in [0.4, 0.5) is 5.82 Å². The molecule has 0 aliphatic rings. The third kappa shape index (κ3) is 5.76. The van der Waals surface area contributed by atoms with Crippen LogP contribution < -0.4 is 5.32 Å². The summed E-state index contributed by atoms with van der Waals surface area (Å²) < 4.78 is 0. The van der Waals surface area contributed by atoms with Crippen LogP contribution in [0.15, 0.2) is 11.1 Å². The van der Waals surface area contributed by atoms with Gasteiger partial charge in [-0.05, 0) is 6.42 Å². The monoisotopic (exact) mass is 285 g/mol. The molecule has 0 spiro atoms. The van der Waals surface area contributed by atoms with Crippen LogP contribution in [-0.2, 0) is 0 Å². The number of hydrogen-bond acceptors (Lipinski definition) is 6. The molecule has 3 N–H and O–H groups in total. The van der Waals surface area contributed by atoms with Crippen LogP contribution in [0, 0.1) is 0 Å². The predicted molar refractivity (Wildman–Crippen MR) is 78.7 cm³/mol. The summed E-state index contributed by atoms with van der Waals surface area (Å²) in [4.78, 5) is 8.94. The third-order valence-corrected chi connectivity index (χ3v) is 3.48. The van der Waals surface area contributed by atoms with E-state index in [1.54, 1.807) is 0 Å². The van der Waals surface area contributed by atoms with Gasteiger partial charge in [0.2, 0.25) is 0 Å². The van der Waals surface area contributed by atoms with E-state index in [0.29, 0.717) is 5.75 Å². The fourth-order valence-corrected chi connectivity index (χ4v) is 2.17. The van der Waals surface area contributed by atoms with Crippen LogP contribution >= 0.6 is 11.8 Å². The summed E-state index contributed by atoms with van der Waals surface area (Å²) in [5.41, 5.74) is 0. The Labute approximate surface area is 118 Å². The molecule has 5 nitrogen and oxygen atoms in total. The van der Waals surface area contributed by atoms with Crippen molar-refractivity contribution < 1.29 is 10.2 Å². The van der Waals surface area contributed by atoms with E-state index < -0.39 is 6.10 Å². The Bertz CT molecular complexity index is 388. The van der Waals surface area contributed by atoms with Crippen molar-refractivity contribution in [3.05, 3.63) is 11.9 Å². The lowest BCUT2D eigenvalue weighted by atomic mass is 10.2. The van der Waals surface area contributed by atoms with Gasteiger partial charge in [-0.3, -0.25) is 0 Å². The van der Waals surface area contributed by atoms with Crippen LogP contribution in [0.1, 0.15) is 38.9 Å². The number of aliphatic hydroxyl groups excluding tert-OH is 2. The van der Waals surface area contributed by atoms with E-state index >= 15 is 0 Å². The van der Waals surface area contributed by atoms with Gasteiger partial charge in [-0.25, -0.2) is 9.97 Å². The van der Waals surface area contributed by atoms with Gasteiger partial charge in [0.05, 0.1) is 12.7 Å². The van der Waals surface area contributed by atoms with E-state index in [-0.39, 0.29) is 12.5 Å². The SMILES string of the molecule is CCCNc1cc(SCC(O)CO)nc(C(C)C)n1. The van der Waals surface area contributed by atoms with E-state index in [2.05, 4.69) is 36.1 Å². The number of aliphatic hydroxyl groups is 2. The zero-order valence-corrected chi connectivity index (χ0v) is 12.6. The van der Waals surface area contributed by atoms with Gasteiger partial charge in [-0.15, -0.1) is 11.8 Å². The molecule has 0 aliphatic heterocycles. The normalized spacial score (nSPS) is 12.7. The first-order valence-electron chi connectivity index (χ1n) is 6.61. The van der Waals surface area contributed by atoms with Gasteiger partial charge in [-0.1, -0.05) is 20.8 Å². The lowest BCUT2D eigenvalue weighted by Crippen LogP contribution is -2.15. The summed E-state index contributed by atoms with van der Waals surface area (Å²) in [6.07, 6.45) is 0.321. The molecular weight excluding hydrogens is 262 g/mol. The summed E-state index contributed by atoms with van der Waals surface area (Å²) in [6, 6.07) is 1.89. The number of nitrogens with one attached hydrogen (secondary N) is 1. The molecule has 0 aromatic carbocycles. The molecular formula is C13H23N3O2S. The molecule has 6 heteroatoms. The first-order valence-corrected chi connectivity index (χ1v) is 7.60. The predicted octanol–water partition coefficient (Wildman–Crippen LogP) is 1.87. The van der Waals surface area contributed by atoms with Gasteiger partial charge < -0.3 is 15.5 Å². The number of hydrogen-bond donors (Lipinski definition) is 3. The van der Waals surface area contributed by atoms with Gasteiger partial charge in [0, 0.05) is 24.3 Å². The highest BCUT2D eigenvalue weighted by Gasteiger charge is 2.10. The Morgan fingerprint density at radius 1 is 1.37 bits per heavy atom. The lowest BCUT2D eigenvalue weighted by Gasteiger charge is -2.12. The molecule has 19 heavy (non-hydrogen) atoms. The zero-order valence-electron chi connectivity index (χ0n) is 11.8. The smallest absolute Gasteiger partial charge is 0.134 e. The Hall–Kier alpha value is -0.850. The highest BCUT2D eigenvalue weighted by Crippen LogP contribution is 2.22. The van der Waals surface area contributed by atoms with Crippen molar-refractivity contribution in [2.45, 2.75) is 44.2 Å². The second-order valence-electron chi connectivity index (χ2n) is 4.68. The summed E-state index contributed by atoms with van der Waals surface area (Å²) in [5.74, 6) is 2.30. The van der Waals surface area contributed by atoms with Crippen molar-refractivity contribution in [1.29, 1.82) is 0 Å². The first-order chi connectivity index (χ1) is 9.06. The van der Waals surface area contributed by atoms with Gasteiger partial charge in [0.25, 0.3) is 0 Å². The molecule has 0 fully saturated rings. The van der Waals surface area contributed by atoms with E-state index in [0.717, 1.165) is 29.6 Å². The summed E-state index contributed by atoms with van der Waals surface area (Å²) in [6.45, 7) is 6.85. The summed E-state index contributed by atoms with van der Waals surface area (Å²) in [5, 5.41) is 22.3. The minimum Gasteiger partial charge on any atom is -0.394 e. The maximum absolute atomic E-state index is 9.38. The molecule has 1 aromatic heterocycles. The van der Waals surface area contributed by atoms with Crippen LogP contribution in [0.2, 0.25) is 0 Å². The van der Waals surface area contributed by atoms with Crippen molar-refractivity contribution in [3.63, 3.8) is 0 Å². The highest BCUT2D eigenvalue weighted by atomic mass is 32.2. The molecule has 1 unspecified atom stereocenters. The Morgan fingerprint density at radius 2 is 2.11 bits per heavy atom. The largest absolute Gasteiger partial charge is 0.394 e.